The molecule has 0 amide bonds. The SMILES string of the molecule is COC(=O)CN1CCC(NC2CCN(c3ncccc3F)C2)CC1. The Morgan fingerprint density at radius 2 is 2.08 bits per heavy atom. The Hall–Kier alpha value is -1.73. The number of methoxy groups -OCH3 is 1. The van der Waals surface area contributed by atoms with E-state index in [0.29, 0.717) is 24.4 Å². The van der Waals surface area contributed by atoms with Crippen LogP contribution >= 0.6 is 0 Å². The molecule has 2 saturated heterocycles. The smallest absolute Gasteiger partial charge is 0.319 e. The number of ether oxygens (including phenoxy) is 1. The predicted octanol–water partition coefficient (Wildman–Crippen LogP) is 1.03. The quantitative estimate of drug-likeness (QED) is 0.811. The Bertz CT molecular complexity index is 563. The summed E-state index contributed by atoms with van der Waals surface area (Å²) in [6.07, 6.45) is 4.67. The van der Waals surface area contributed by atoms with Gasteiger partial charge in [0.25, 0.3) is 0 Å². The first-order valence-corrected chi connectivity index (χ1v) is 8.56. The van der Waals surface area contributed by atoms with Crippen molar-refractivity contribution in [2.45, 2.75) is 31.3 Å². The zero-order chi connectivity index (χ0) is 16.9. The number of nitrogens with one attached hydrogen (secondary N) is 1. The van der Waals surface area contributed by atoms with Gasteiger partial charge in [-0.2, -0.15) is 0 Å². The van der Waals surface area contributed by atoms with E-state index in [4.69, 9.17) is 4.74 Å². The van der Waals surface area contributed by atoms with E-state index in [1.807, 2.05) is 4.90 Å². The summed E-state index contributed by atoms with van der Waals surface area (Å²) in [5.41, 5.74) is 0. The third-order valence-electron chi connectivity index (χ3n) is 4.87. The fourth-order valence-electron chi connectivity index (χ4n) is 3.54. The van der Waals surface area contributed by atoms with Gasteiger partial charge in [0.1, 0.15) is 0 Å². The molecule has 6 nitrogen and oxygen atoms in total. The molecule has 3 rings (SSSR count). The second kappa shape index (κ2) is 7.90. The van der Waals surface area contributed by atoms with E-state index in [9.17, 15) is 9.18 Å². The number of hydrogen-bond donors (Lipinski definition) is 1. The topological polar surface area (TPSA) is 57.7 Å². The van der Waals surface area contributed by atoms with Crippen LogP contribution in [0, 0.1) is 5.82 Å². The van der Waals surface area contributed by atoms with Crippen LogP contribution in [-0.2, 0) is 9.53 Å². The first kappa shape index (κ1) is 17.1. The van der Waals surface area contributed by atoms with Gasteiger partial charge in [0.05, 0.1) is 13.7 Å². The van der Waals surface area contributed by atoms with Crippen molar-refractivity contribution in [1.29, 1.82) is 0 Å². The van der Waals surface area contributed by atoms with Crippen molar-refractivity contribution in [1.82, 2.24) is 15.2 Å². The van der Waals surface area contributed by atoms with E-state index in [1.54, 1.807) is 12.3 Å². The van der Waals surface area contributed by atoms with Crippen molar-refractivity contribution >= 4 is 11.8 Å². The molecule has 132 valence electrons. The summed E-state index contributed by atoms with van der Waals surface area (Å²) in [6, 6.07) is 3.90. The molecular formula is C17H25FN4O2. The molecule has 7 heteroatoms. The van der Waals surface area contributed by atoms with Gasteiger partial charge >= 0.3 is 5.97 Å². The number of carbonyl (C=O) groups excluding carboxylic acids is 1. The summed E-state index contributed by atoms with van der Waals surface area (Å²) in [4.78, 5) is 19.6. The molecule has 3 heterocycles. The van der Waals surface area contributed by atoms with Gasteiger partial charge in [-0.25, -0.2) is 9.37 Å². The number of esters is 1. The zero-order valence-corrected chi connectivity index (χ0v) is 14.1. The van der Waals surface area contributed by atoms with Crippen molar-refractivity contribution in [2.24, 2.45) is 0 Å². The van der Waals surface area contributed by atoms with Crippen LogP contribution in [0.3, 0.4) is 0 Å². The summed E-state index contributed by atoms with van der Waals surface area (Å²) < 4.78 is 18.5. The molecule has 2 aliphatic heterocycles. The van der Waals surface area contributed by atoms with E-state index < -0.39 is 0 Å². The van der Waals surface area contributed by atoms with E-state index >= 15 is 0 Å². The molecule has 0 radical (unpaired) electrons. The summed E-state index contributed by atoms with van der Waals surface area (Å²) in [7, 11) is 1.42. The molecular weight excluding hydrogens is 311 g/mol. The third kappa shape index (κ3) is 4.21. The number of hydrogen-bond acceptors (Lipinski definition) is 6. The highest BCUT2D eigenvalue weighted by molar-refractivity contribution is 5.71. The number of piperidine rings is 1. The molecule has 0 spiro atoms. The molecule has 1 aromatic rings. The lowest BCUT2D eigenvalue weighted by atomic mass is 10.0. The molecule has 0 aromatic carbocycles. The Labute approximate surface area is 142 Å². The van der Waals surface area contributed by atoms with E-state index in [2.05, 4.69) is 15.2 Å². The number of pyridine rings is 1. The molecule has 1 N–H and O–H groups in total. The van der Waals surface area contributed by atoms with Crippen LogP contribution in [0.5, 0.6) is 0 Å². The van der Waals surface area contributed by atoms with Gasteiger partial charge < -0.3 is 15.0 Å². The highest BCUT2D eigenvalue weighted by atomic mass is 19.1. The monoisotopic (exact) mass is 336 g/mol. The number of anilines is 1. The lowest BCUT2D eigenvalue weighted by Gasteiger charge is -2.33. The summed E-state index contributed by atoms with van der Waals surface area (Å²) in [5.74, 6) is 0.0224. The molecule has 2 fully saturated rings. The maximum absolute atomic E-state index is 13.8. The third-order valence-corrected chi connectivity index (χ3v) is 4.87. The average molecular weight is 336 g/mol. The maximum Gasteiger partial charge on any atom is 0.319 e. The second-order valence-corrected chi connectivity index (χ2v) is 6.53. The number of nitrogens with zero attached hydrogens (tertiary/aromatic N) is 3. The Morgan fingerprint density at radius 1 is 1.33 bits per heavy atom. The standard InChI is InChI=1S/C17H25FN4O2/c1-24-16(23)12-21-8-4-13(5-9-21)20-14-6-10-22(11-14)17-15(18)3-2-7-19-17/h2-3,7,13-14,20H,4-6,8-12H2,1H3. The van der Waals surface area contributed by atoms with Gasteiger partial charge in [-0.3, -0.25) is 9.69 Å². The molecule has 0 aliphatic carbocycles. The van der Waals surface area contributed by atoms with Crippen molar-refractivity contribution in [3.05, 3.63) is 24.1 Å². The maximum atomic E-state index is 13.8. The first-order chi connectivity index (χ1) is 11.7. The van der Waals surface area contributed by atoms with Crippen LogP contribution in [0.1, 0.15) is 19.3 Å². The van der Waals surface area contributed by atoms with Crippen molar-refractivity contribution in [3.63, 3.8) is 0 Å². The molecule has 2 aliphatic rings. The highest BCUT2D eigenvalue weighted by Gasteiger charge is 2.28. The zero-order valence-electron chi connectivity index (χ0n) is 14.1. The molecule has 1 atom stereocenters. The number of halogens is 1. The van der Waals surface area contributed by atoms with Gasteiger partial charge in [-0.05, 0) is 31.4 Å². The Morgan fingerprint density at radius 3 is 2.79 bits per heavy atom. The molecule has 0 saturated carbocycles. The summed E-state index contributed by atoms with van der Waals surface area (Å²) >= 11 is 0. The van der Waals surface area contributed by atoms with Crippen LogP contribution in [0.15, 0.2) is 18.3 Å². The highest BCUT2D eigenvalue weighted by Crippen LogP contribution is 2.22. The van der Waals surface area contributed by atoms with Gasteiger partial charge in [0.15, 0.2) is 11.6 Å². The van der Waals surface area contributed by atoms with Gasteiger partial charge in [0.2, 0.25) is 0 Å². The summed E-state index contributed by atoms with van der Waals surface area (Å²) in [5, 5.41) is 3.69. The van der Waals surface area contributed by atoms with Crippen molar-refractivity contribution in [2.75, 3.05) is 44.7 Å². The van der Waals surface area contributed by atoms with E-state index in [1.165, 1.54) is 13.2 Å². The minimum absolute atomic E-state index is 0.176. The molecule has 1 unspecified atom stereocenters. The molecule has 1 aromatic heterocycles. The first-order valence-electron chi connectivity index (χ1n) is 8.56. The lowest BCUT2D eigenvalue weighted by Crippen LogP contribution is -2.48. The van der Waals surface area contributed by atoms with E-state index in [-0.39, 0.29) is 11.8 Å². The minimum atomic E-state index is -0.255. The number of aromatic nitrogens is 1. The van der Waals surface area contributed by atoms with Gasteiger partial charge in [-0.1, -0.05) is 0 Å². The molecule has 0 bridgehead atoms. The normalized spacial score (nSPS) is 22.8. The summed E-state index contributed by atoms with van der Waals surface area (Å²) in [6.45, 7) is 3.79. The van der Waals surface area contributed by atoms with Crippen LogP contribution in [0.4, 0.5) is 10.2 Å². The van der Waals surface area contributed by atoms with Crippen molar-refractivity contribution in [3.8, 4) is 0 Å². The number of rotatable bonds is 5. The predicted molar refractivity (Wildman–Crippen MR) is 89.4 cm³/mol. The average Bonchev–Trinajstić information content (AvgIpc) is 3.05. The largest absolute Gasteiger partial charge is 0.468 e. The van der Waals surface area contributed by atoms with Gasteiger partial charge in [0, 0.05) is 44.5 Å². The molecule has 24 heavy (non-hydrogen) atoms. The van der Waals surface area contributed by atoms with Crippen molar-refractivity contribution < 1.29 is 13.9 Å². The fourth-order valence-corrected chi connectivity index (χ4v) is 3.54. The number of likely N-dealkylation sites (tertiary alicyclic amines) is 1. The fraction of sp³-hybridized carbons (Fsp3) is 0.647. The van der Waals surface area contributed by atoms with E-state index in [0.717, 1.165) is 45.4 Å². The Balaban J connectivity index is 1.44. The van der Waals surface area contributed by atoms with Crippen LogP contribution in [0.25, 0.3) is 0 Å². The minimum Gasteiger partial charge on any atom is -0.468 e. The second-order valence-electron chi connectivity index (χ2n) is 6.53. The Kier molecular flexibility index (Phi) is 5.63. The van der Waals surface area contributed by atoms with Crippen LogP contribution < -0.4 is 10.2 Å². The lowest BCUT2D eigenvalue weighted by molar-refractivity contribution is -0.142. The van der Waals surface area contributed by atoms with Crippen LogP contribution in [0.2, 0.25) is 0 Å². The van der Waals surface area contributed by atoms with Gasteiger partial charge in [-0.15, -0.1) is 0 Å². The number of carbonyl (C=O) groups is 1. The van der Waals surface area contributed by atoms with Crippen LogP contribution in [-0.4, -0.2) is 67.8 Å².